The average Bonchev–Trinajstić information content (AvgIpc) is 3.67. The largest absolute Gasteiger partial charge is 0.293 e. The summed E-state index contributed by atoms with van der Waals surface area (Å²) in [7, 11) is 0. The summed E-state index contributed by atoms with van der Waals surface area (Å²) in [5, 5.41) is 0. The van der Waals surface area contributed by atoms with Crippen LogP contribution < -0.4 is 0 Å². The first-order chi connectivity index (χ1) is 22.1. The van der Waals surface area contributed by atoms with Crippen molar-refractivity contribution < 1.29 is 9.59 Å². The molecule has 3 nitrogen and oxygen atoms in total. The first-order valence-electron chi connectivity index (χ1n) is 17.1. The molecule has 1 spiro atoms. The standard InChI is InChI=1S/C43H45NO2/c1-26(2)30-13-11-29(12-14-30)25-35-23-24-44-39(34-21-17-32(18-22-34)28(5)6)38(33-19-15-31(16-20-33)27(3)4)43(40(35)44)41(45)36-9-7-8-10-37(36)42(43)46/h7-22,25-28,38-40H,23-24H2,1-6H3/b35-25+/t38-,39-,40-/m1/s1. The maximum absolute atomic E-state index is 15.1. The highest BCUT2D eigenvalue weighted by Gasteiger charge is 2.72. The van der Waals surface area contributed by atoms with E-state index in [1.54, 1.807) is 0 Å². The Morgan fingerprint density at radius 3 is 1.57 bits per heavy atom. The molecule has 1 aliphatic carbocycles. The second-order valence-electron chi connectivity index (χ2n) is 14.6. The van der Waals surface area contributed by atoms with Gasteiger partial charge in [-0.1, -0.05) is 145 Å². The Kier molecular flexibility index (Phi) is 7.72. The molecule has 46 heavy (non-hydrogen) atoms. The van der Waals surface area contributed by atoms with Crippen LogP contribution >= 0.6 is 0 Å². The zero-order valence-electron chi connectivity index (χ0n) is 28.0. The lowest BCUT2D eigenvalue weighted by Crippen LogP contribution is -2.47. The number of hydrogen-bond donors (Lipinski definition) is 0. The summed E-state index contributed by atoms with van der Waals surface area (Å²) in [6.07, 6.45) is 3.10. The van der Waals surface area contributed by atoms with Crippen LogP contribution in [0.3, 0.4) is 0 Å². The summed E-state index contributed by atoms with van der Waals surface area (Å²) < 4.78 is 0. The van der Waals surface area contributed by atoms with Crippen molar-refractivity contribution >= 4 is 17.6 Å². The fourth-order valence-electron chi connectivity index (χ4n) is 8.50. The highest BCUT2D eigenvalue weighted by molar-refractivity contribution is 6.31. The second kappa shape index (κ2) is 11.6. The summed E-state index contributed by atoms with van der Waals surface area (Å²) in [5.74, 6) is 0.898. The van der Waals surface area contributed by atoms with Gasteiger partial charge in [0.05, 0.1) is 6.04 Å². The average molecular weight is 608 g/mol. The third kappa shape index (κ3) is 4.66. The van der Waals surface area contributed by atoms with Crippen molar-refractivity contribution in [2.75, 3.05) is 6.54 Å². The van der Waals surface area contributed by atoms with Crippen LogP contribution in [0.5, 0.6) is 0 Å². The van der Waals surface area contributed by atoms with Crippen LogP contribution in [0, 0.1) is 5.41 Å². The fraction of sp³-hybridized carbons (Fsp3) is 0.349. The number of carbonyl (C=O) groups excluding carboxylic acids is 2. The highest BCUT2D eigenvalue weighted by Crippen LogP contribution is 2.65. The summed E-state index contributed by atoms with van der Waals surface area (Å²) in [6.45, 7) is 14.1. The summed E-state index contributed by atoms with van der Waals surface area (Å²) >= 11 is 0. The van der Waals surface area contributed by atoms with Gasteiger partial charge in [-0.25, -0.2) is 0 Å². The molecule has 0 bridgehead atoms. The Hall–Kier alpha value is -4.08. The molecule has 2 fully saturated rings. The Bertz CT molecular complexity index is 1770. The van der Waals surface area contributed by atoms with E-state index in [-0.39, 0.29) is 29.6 Å². The Balaban J connectivity index is 1.46. The molecule has 0 N–H and O–H groups in total. The number of carbonyl (C=O) groups is 2. The van der Waals surface area contributed by atoms with Crippen LogP contribution in [0.1, 0.15) is 132 Å². The minimum Gasteiger partial charge on any atom is -0.293 e. The molecular weight excluding hydrogens is 562 g/mol. The van der Waals surface area contributed by atoms with Crippen molar-refractivity contribution in [1.29, 1.82) is 0 Å². The molecule has 2 saturated heterocycles. The molecule has 3 atom stereocenters. The van der Waals surface area contributed by atoms with E-state index >= 15 is 9.59 Å². The van der Waals surface area contributed by atoms with Crippen LogP contribution in [-0.2, 0) is 0 Å². The van der Waals surface area contributed by atoms with E-state index in [1.807, 2.05) is 24.3 Å². The number of fused-ring (bicyclic) bond motifs is 3. The van der Waals surface area contributed by atoms with Gasteiger partial charge < -0.3 is 0 Å². The molecule has 2 aliphatic heterocycles. The maximum atomic E-state index is 15.1. The summed E-state index contributed by atoms with van der Waals surface area (Å²) in [4.78, 5) is 32.7. The van der Waals surface area contributed by atoms with E-state index in [0.717, 1.165) is 24.1 Å². The van der Waals surface area contributed by atoms with Gasteiger partial charge in [0.25, 0.3) is 0 Å². The Morgan fingerprint density at radius 1 is 0.630 bits per heavy atom. The number of hydrogen-bond acceptors (Lipinski definition) is 3. The lowest BCUT2D eigenvalue weighted by Gasteiger charge is -2.34. The van der Waals surface area contributed by atoms with Gasteiger partial charge >= 0.3 is 0 Å². The SMILES string of the molecule is CC(C)c1ccc(/C=C2\CCN3[C@H](c4ccc(C(C)C)cc4)[C@@H](c4ccc(C(C)C)cc4)C4(C(=O)c5ccccc5C4=O)[C@@H]23)cc1. The molecule has 7 rings (SSSR count). The van der Waals surface area contributed by atoms with Crippen LogP contribution in [0.2, 0.25) is 0 Å². The molecular formula is C43H45NO2. The minimum absolute atomic E-state index is 0.0229. The van der Waals surface area contributed by atoms with Gasteiger partial charge in [0.1, 0.15) is 5.41 Å². The summed E-state index contributed by atoms with van der Waals surface area (Å²) in [6, 6.07) is 33.6. The van der Waals surface area contributed by atoms with Gasteiger partial charge in [-0.05, 0) is 63.1 Å². The van der Waals surface area contributed by atoms with Crippen LogP contribution in [-0.4, -0.2) is 29.1 Å². The van der Waals surface area contributed by atoms with E-state index in [4.69, 9.17) is 0 Å². The zero-order chi connectivity index (χ0) is 32.3. The maximum Gasteiger partial charge on any atom is 0.180 e. The predicted octanol–water partition coefficient (Wildman–Crippen LogP) is 10.1. The number of benzene rings is 4. The van der Waals surface area contributed by atoms with Crippen LogP contribution in [0.25, 0.3) is 6.08 Å². The molecule has 0 saturated carbocycles. The minimum atomic E-state index is -1.25. The monoisotopic (exact) mass is 607 g/mol. The second-order valence-corrected chi connectivity index (χ2v) is 14.6. The van der Waals surface area contributed by atoms with Gasteiger partial charge in [0, 0.05) is 29.6 Å². The zero-order valence-corrected chi connectivity index (χ0v) is 28.0. The van der Waals surface area contributed by atoms with Gasteiger partial charge in [-0.15, -0.1) is 0 Å². The van der Waals surface area contributed by atoms with Crippen molar-refractivity contribution in [1.82, 2.24) is 4.90 Å². The lowest BCUT2D eigenvalue weighted by atomic mass is 9.63. The first kappa shape index (κ1) is 30.6. The van der Waals surface area contributed by atoms with Gasteiger partial charge in [-0.2, -0.15) is 0 Å². The van der Waals surface area contributed by atoms with Gasteiger partial charge in [-0.3, -0.25) is 14.5 Å². The molecule has 4 aromatic carbocycles. The van der Waals surface area contributed by atoms with Crippen LogP contribution in [0.15, 0.2) is 103 Å². The summed E-state index contributed by atoms with van der Waals surface area (Å²) in [5.41, 5.74) is 8.27. The van der Waals surface area contributed by atoms with E-state index in [1.165, 1.54) is 27.8 Å². The van der Waals surface area contributed by atoms with Crippen molar-refractivity contribution in [2.24, 2.45) is 5.41 Å². The third-order valence-corrected chi connectivity index (χ3v) is 11.0. The molecule has 234 valence electrons. The molecule has 0 unspecified atom stereocenters. The molecule has 2 heterocycles. The topological polar surface area (TPSA) is 37.4 Å². The third-order valence-electron chi connectivity index (χ3n) is 11.0. The fourth-order valence-corrected chi connectivity index (χ4v) is 8.50. The number of nitrogens with zero attached hydrogens (tertiary/aromatic N) is 1. The van der Waals surface area contributed by atoms with E-state index in [0.29, 0.717) is 28.9 Å². The first-order valence-corrected chi connectivity index (χ1v) is 17.1. The molecule has 0 aromatic heterocycles. The van der Waals surface area contributed by atoms with Gasteiger partial charge in [0.15, 0.2) is 11.6 Å². The van der Waals surface area contributed by atoms with Crippen LogP contribution in [0.4, 0.5) is 0 Å². The quantitative estimate of drug-likeness (QED) is 0.205. The molecule has 4 aromatic rings. The number of rotatable bonds is 6. The molecule has 0 amide bonds. The van der Waals surface area contributed by atoms with Crippen molar-refractivity contribution in [2.45, 2.75) is 83.7 Å². The highest BCUT2D eigenvalue weighted by atomic mass is 16.2. The lowest BCUT2D eigenvalue weighted by molar-refractivity contribution is 0.0646. The van der Waals surface area contributed by atoms with Crippen molar-refractivity contribution in [3.05, 3.63) is 147 Å². The van der Waals surface area contributed by atoms with E-state index in [2.05, 4.69) is 125 Å². The normalized spacial score (nSPS) is 23.0. The van der Waals surface area contributed by atoms with Crippen molar-refractivity contribution in [3.8, 4) is 0 Å². The number of ketones is 2. The van der Waals surface area contributed by atoms with Gasteiger partial charge in [0.2, 0.25) is 0 Å². The Labute approximate surface area is 274 Å². The molecule has 0 radical (unpaired) electrons. The number of Topliss-reactive ketones (excluding diaryl/α,β-unsaturated/α-hetero) is 2. The molecule has 3 heteroatoms. The van der Waals surface area contributed by atoms with E-state index < -0.39 is 5.41 Å². The predicted molar refractivity (Wildman–Crippen MR) is 188 cm³/mol. The van der Waals surface area contributed by atoms with E-state index in [9.17, 15) is 0 Å². The van der Waals surface area contributed by atoms with Crippen molar-refractivity contribution in [3.63, 3.8) is 0 Å². The molecule has 3 aliphatic rings. The smallest absolute Gasteiger partial charge is 0.180 e. The Morgan fingerprint density at radius 2 is 1.09 bits per heavy atom.